The molecule has 1 aromatic heterocycles. The van der Waals surface area contributed by atoms with Crippen molar-refractivity contribution in [2.45, 2.75) is 24.7 Å². The SMILES string of the molecule is O=c1ccn([C@@H]2C[C@H](CO)[C@@H](O)[C@H]2O)c(=O)[nH]1. The maximum Gasteiger partial charge on any atom is 0.328 e. The van der Waals surface area contributed by atoms with E-state index in [-0.39, 0.29) is 13.0 Å². The Bertz CT molecular complexity index is 508. The number of aromatic nitrogens is 2. The molecule has 0 spiro atoms. The van der Waals surface area contributed by atoms with Crippen molar-refractivity contribution in [3.8, 4) is 0 Å². The predicted molar refractivity (Wildman–Crippen MR) is 57.6 cm³/mol. The zero-order valence-corrected chi connectivity index (χ0v) is 8.98. The average Bonchev–Trinajstić information content (AvgIpc) is 2.57. The summed E-state index contributed by atoms with van der Waals surface area (Å²) in [6.07, 6.45) is -0.633. The van der Waals surface area contributed by atoms with Crippen molar-refractivity contribution < 1.29 is 15.3 Å². The van der Waals surface area contributed by atoms with Crippen molar-refractivity contribution in [3.63, 3.8) is 0 Å². The van der Waals surface area contributed by atoms with Gasteiger partial charge in [-0.3, -0.25) is 14.3 Å². The van der Waals surface area contributed by atoms with Crippen molar-refractivity contribution in [2.24, 2.45) is 5.92 Å². The summed E-state index contributed by atoms with van der Waals surface area (Å²) < 4.78 is 1.17. The largest absolute Gasteiger partial charge is 0.396 e. The molecule has 1 fully saturated rings. The fourth-order valence-electron chi connectivity index (χ4n) is 2.24. The van der Waals surface area contributed by atoms with Crippen LogP contribution in [0.25, 0.3) is 0 Å². The van der Waals surface area contributed by atoms with Gasteiger partial charge in [0.05, 0.1) is 12.1 Å². The summed E-state index contributed by atoms with van der Waals surface area (Å²) in [6, 6.07) is 0.541. The lowest BCUT2D eigenvalue weighted by molar-refractivity contribution is -0.00455. The second kappa shape index (κ2) is 4.44. The topological polar surface area (TPSA) is 116 Å². The number of aromatic amines is 1. The van der Waals surface area contributed by atoms with Crippen molar-refractivity contribution in [1.82, 2.24) is 9.55 Å². The van der Waals surface area contributed by atoms with Gasteiger partial charge in [0.15, 0.2) is 0 Å². The molecule has 1 aromatic rings. The van der Waals surface area contributed by atoms with Gasteiger partial charge in [-0.1, -0.05) is 0 Å². The van der Waals surface area contributed by atoms with Gasteiger partial charge in [0, 0.05) is 24.8 Å². The van der Waals surface area contributed by atoms with E-state index in [4.69, 9.17) is 5.11 Å². The Kier molecular flexibility index (Phi) is 3.14. The smallest absolute Gasteiger partial charge is 0.328 e. The lowest BCUT2D eigenvalue weighted by Gasteiger charge is -2.18. The van der Waals surface area contributed by atoms with Gasteiger partial charge in [0.25, 0.3) is 5.56 Å². The maximum absolute atomic E-state index is 11.5. The molecule has 0 saturated heterocycles. The number of H-pyrrole nitrogens is 1. The van der Waals surface area contributed by atoms with Gasteiger partial charge in [0.2, 0.25) is 0 Å². The van der Waals surface area contributed by atoms with Crippen LogP contribution in [-0.4, -0.2) is 43.7 Å². The van der Waals surface area contributed by atoms with E-state index in [1.807, 2.05) is 0 Å². The highest BCUT2D eigenvalue weighted by molar-refractivity contribution is 4.97. The minimum absolute atomic E-state index is 0.257. The fourth-order valence-corrected chi connectivity index (χ4v) is 2.24. The lowest BCUT2D eigenvalue weighted by atomic mass is 10.1. The normalized spacial score (nSPS) is 32.9. The second-order valence-corrected chi connectivity index (χ2v) is 4.24. The van der Waals surface area contributed by atoms with Gasteiger partial charge < -0.3 is 15.3 Å². The minimum atomic E-state index is -1.13. The molecule has 1 aliphatic rings. The summed E-state index contributed by atoms with van der Waals surface area (Å²) in [5, 5.41) is 28.4. The van der Waals surface area contributed by atoms with Crippen LogP contribution in [-0.2, 0) is 0 Å². The van der Waals surface area contributed by atoms with Crippen LogP contribution < -0.4 is 11.2 Å². The standard InChI is InChI=1S/C10H14N2O5/c13-4-5-3-6(9(16)8(5)15)12-2-1-7(14)11-10(12)17/h1-2,5-6,8-9,13,15-16H,3-4H2,(H,11,14,17)/t5-,6-,8-,9+/m1/s1. The van der Waals surface area contributed by atoms with E-state index in [9.17, 15) is 19.8 Å². The quantitative estimate of drug-likeness (QED) is 0.470. The third-order valence-corrected chi connectivity index (χ3v) is 3.21. The summed E-state index contributed by atoms with van der Waals surface area (Å²) in [6.45, 7) is -0.257. The maximum atomic E-state index is 11.5. The molecule has 0 amide bonds. The Balaban J connectivity index is 2.35. The fraction of sp³-hybridized carbons (Fsp3) is 0.600. The molecule has 0 radical (unpaired) electrons. The molecule has 4 N–H and O–H groups in total. The molecule has 94 valence electrons. The van der Waals surface area contributed by atoms with Crippen LogP contribution in [0.15, 0.2) is 21.9 Å². The van der Waals surface area contributed by atoms with Crippen LogP contribution in [0, 0.1) is 5.92 Å². The van der Waals surface area contributed by atoms with Crippen molar-refractivity contribution in [1.29, 1.82) is 0 Å². The van der Waals surface area contributed by atoms with Crippen LogP contribution in [0.1, 0.15) is 12.5 Å². The molecular formula is C10H14N2O5. The van der Waals surface area contributed by atoms with Gasteiger partial charge in [0.1, 0.15) is 6.10 Å². The van der Waals surface area contributed by atoms with Crippen LogP contribution >= 0.6 is 0 Å². The molecule has 7 nitrogen and oxygen atoms in total. The number of hydrogen-bond acceptors (Lipinski definition) is 5. The van der Waals surface area contributed by atoms with E-state index in [0.717, 1.165) is 0 Å². The summed E-state index contributed by atoms with van der Waals surface area (Å²) in [5.41, 5.74) is -1.15. The first kappa shape index (κ1) is 12.0. The zero-order chi connectivity index (χ0) is 12.6. The van der Waals surface area contributed by atoms with E-state index in [2.05, 4.69) is 4.98 Å². The Hall–Kier alpha value is -1.44. The summed E-state index contributed by atoms with van der Waals surface area (Å²) >= 11 is 0. The zero-order valence-electron chi connectivity index (χ0n) is 8.98. The molecule has 0 unspecified atom stereocenters. The van der Waals surface area contributed by atoms with E-state index in [1.165, 1.54) is 16.8 Å². The third-order valence-electron chi connectivity index (χ3n) is 3.21. The highest BCUT2D eigenvalue weighted by atomic mass is 16.3. The highest BCUT2D eigenvalue weighted by Crippen LogP contribution is 2.33. The van der Waals surface area contributed by atoms with Crippen LogP contribution in [0.2, 0.25) is 0 Å². The molecule has 1 saturated carbocycles. The molecule has 7 heteroatoms. The second-order valence-electron chi connectivity index (χ2n) is 4.24. The molecule has 4 atom stereocenters. The molecule has 1 aliphatic carbocycles. The van der Waals surface area contributed by atoms with Crippen molar-refractivity contribution >= 4 is 0 Å². The van der Waals surface area contributed by atoms with Crippen molar-refractivity contribution in [2.75, 3.05) is 6.61 Å². The minimum Gasteiger partial charge on any atom is -0.396 e. The van der Waals surface area contributed by atoms with Gasteiger partial charge in [-0.2, -0.15) is 0 Å². The Labute approximate surface area is 96.0 Å². The van der Waals surface area contributed by atoms with Gasteiger partial charge in [-0.25, -0.2) is 4.79 Å². The molecule has 0 bridgehead atoms. The van der Waals surface area contributed by atoms with Crippen LogP contribution in [0.5, 0.6) is 0 Å². The van der Waals surface area contributed by atoms with Crippen molar-refractivity contribution in [3.05, 3.63) is 33.1 Å². The average molecular weight is 242 g/mol. The molecular weight excluding hydrogens is 228 g/mol. The van der Waals surface area contributed by atoms with E-state index < -0.39 is 35.4 Å². The number of rotatable bonds is 2. The Morgan fingerprint density at radius 3 is 2.59 bits per heavy atom. The number of aliphatic hydroxyl groups is 3. The van der Waals surface area contributed by atoms with Gasteiger partial charge >= 0.3 is 5.69 Å². The first-order valence-electron chi connectivity index (χ1n) is 5.33. The van der Waals surface area contributed by atoms with Crippen LogP contribution in [0.3, 0.4) is 0 Å². The summed E-state index contributed by atoms with van der Waals surface area (Å²) in [5.74, 6) is -0.464. The highest BCUT2D eigenvalue weighted by Gasteiger charge is 2.42. The predicted octanol–water partition coefficient (Wildman–Crippen LogP) is -2.19. The molecule has 2 rings (SSSR count). The van der Waals surface area contributed by atoms with Gasteiger partial charge in [-0.05, 0) is 6.42 Å². The van der Waals surface area contributed by atoms with E-state index in [0.29, 0.717) is 0 Å². The Morgan fingerprint density at radius 2 is 2.06 bits per heavy atom. The van der Waals surface area contributed by atoms with E-state index in [1.54, 1.807) is 0 Å². The Morgan fingerprint density at radius 1 is 1.35 bits per heavy atom. The van der Waals surface area contributed by atoms with Gasteiger partial charge in [-0.15, -0.1) is 0 Å². The molecule has 17 heavy (non-hydrogen) atoms. The molecule has 0 aromatic carbocycles. The van der Waals surface area contributed by atoms with E-state index >= 15 is 0 Å². The third kappa shape index (κ3) is 2.04. The summed E-state index contributed by atoms with van der Waals surface area (Å²) in [4.78, 5) is 24.5. The molecule has 0 aliphatic heterocycles. The monoisotopic (exact) mass is 242 g/mol. The number of aliphatic hydroxyl groups excluding tert-OH is 3. The first-order chi connectivity index (χ1) is 8.04. The summed E-state index contributed by atoms with van der Waals surface area (Å²) in [7, 11) is 0. The molecule has 1 heterocycles. The first-order valence-corrected chi connectivity index (χ1v) is 5.33. The number of nitrogens with one attached hydrogen (secondary N) is 1. The van der Waals surface area contributed by atoms with Crippen LogP contribution in [0.4, 0.5) is 0 Å². The number of nitrogens with zero attached hydrogens (tertiary/aromatic N) is 1. The lowest BCUT2D eigenvalue weighted by Crippen LogP contribution is -2.37. The number of hydrogen-bond donors (Lipinski definition) is 4.